The van der Waals surface area contributed by atoms with E-state index in [0.717, 1.165) is 18.9 Å². The number of hydrogen-bond donors (Lipinski definition) is 1. The smallest absolute Gasteiger partial charge is 0.341 e. The third-order valence-electron chi connectivity index (χ3n) is 5.60. The molecule has 8 nitrogen and oxygen atoms in total. The van der Waals surface area contributed by atoms with Gasteiger partial charge in [0.15, 0.2) is 11.6 Å². The highest BCUT2D eigenvalue weighted by atomic mass is 19.1. The maximum absolute atomic E-state index is 15.3. The first-order valence-corrected chi connectivity index (χ1v) is 10.0. The summed E-state index contributed by atoms with van der Waals surface area (Å²) in [6.45, 7) is 2.12. The van der Waals surface area contributed by atoms with Gasteiger partial charge in [0.2, 0.25) is 5.43 Å². The lowest BCUT2D eigenvalue weighted by Crippen LogP contribution is -2.47. The predicted octanol–water partition coefficient (Wildman–Crippen LogP) is 1.95. The number of benzene rings is 1. The van der Waals surface area contributed by atoms with Gasteiger partial charge in [0.25, 0.3) is 0 Å². The van der Waals surface area contributed by atoms with Crippen LogP contribution in [0.4, 0.5) is 10.1 Å². The molecule has 0 bridgehead atoms. The second kappa shape index (κ2) is 7.88. The van der Waals surface area contributed by atoms with E-state index in [0.29, 0.717) is 31.8 Å². The molecule has 1 saturated carbocycles. The van der Waals surface area contributed by atoms with Crippen LogP contribution in [0.25, 0.3) is 10.9 Å². The molecule has 1 aromatic carbocycles. The van der Waals surface area contributed by atoms with Crippen molar-refractivity contribution in [2.24, 2.45) is 0 Å². The molecule has 1 atom stereocenters. The second-order valence-corrected chi connectivity index (χ2v) is 8.15. The third-order valence-corrected chi connectivity index (χ3v) is 5.60. The molecule has 2 heterocycles. The number of methoxy groups -OCH3 is 1. The molecule has 1 N–H and O–H groups in total. The summed E-state index contributed by atoms with van der Waals surface area (Å²) in [7, 11) is 5.35. The average Bonchev–Trinajstić information content (AvgIpc) is 3.52. The Labute approximate surface area is 173 Å². The van der Waals surface area contributed by atoms with Gasteiger partial charge in [-0.15, -0.1) is 0 Å². The molecule has 2 aromatic rings. The number of halogens is 1. The first-order valence-electron chi connectivity index (χ1n) is 10.0. The van der Waals surface area contributed by atoms with Gasteiger partial charge in [0.05, 0.1) is 30.7 Å². The number of carboxylic acid groups (broad SMARTS) is 1. The van der Waals surface area contributed by atoms with E-state index in [2.05, 4.69) is 0 Å². The van der Waals surface area contributed by atoms with Crippen LogP contribution in [0, 0.1) is 5.82 Å². The van der Waals surface area contributed by atoms with Gasteiger partial charge in [-0.2, -0.15) is 0 Å². The van der Waals surface area contributed by atoms with Gasteiger partial charge >= 0.3 is 5.97 Å². The maximum Gasteiger partial charge on any atom is 0.341 e. The number of carboxylic acids is 1. The summed E-state index contributed by atoms with van der Waals surface area (Å²) in [6.07, 6.45) is 3.02. The monoisotopic (exact) mass is 419 g/mol. The zero-order chi connectivity index (χ0) is 21.6. The van der Waals surface area contributed by atoms with Crippen LogP contribution in [0.3, 0.4) is 0 Å². The highest BCUT2D eigenvalue weighted by Crippen LogP contribution is 2.43. The van der Waals surface area contributed by atoms with Gasteiger partial charge in [-0.05, 0) is 33.0 Å². The largest absolute Gasteiger partial charge is 0.492 e. The number of nitrogens with zero attached hydrogens (tertiary/aromatic N) is 3. The fourth-order valence-electron chi connectivity index (χ4n) is 4.16. The Balaban J connectivity index is 1.90. The van der Waals surface area contributed by atoms with Crippen molar-refractivity contribution >= 4 is 22.6 Å². The first-order chi connectivity index (χ1) is 14.3. The van der Waals surface area contributed by atoms with Crippen LogP contribution in [0.5, 0.6) is 5.75 Å². The van der Waals surface area contributed by atoms with Crippen molar-refractivity contribution in [1.82, 2.24) is 9.47 Å². The topological polar surface area (TPSA) is 84.2 Å². The molecule has 0 spiro atoms. The van der Waals surface area contributed by atoms with Crippen molar-refractivity contribution in [3.8, 4) is 5.75 Å². The molecular weight excluding hydrogens is 393 g/mol. The predicted molar refractivity (Wildman–Crippen MR) is 110 cm³/mol. The summed E-state index contributed by atoms with van der Waals surface area (Å²) in [6, 6.07) is 1.22. The zero-order valence-corrected chi connectivity index (χ0v) is 17.4. The zero-order valence-electron chi connectivity index (χ0n) is 17.4. The number of ether oxygens (including phenoxy) is 2. The van der Waals surface area contributed by atoms with Crippen LogP contribution in [0.2, 0.25) is 0 Å². The van der Waals surface area contributed by atoms with Crippen molar-refractivity contribution in [2.45, 2.75) is 25.0 Å². The Morgan fingerprint density at radius 1 is 1.40 bits per heavy atom. The van der Waals surface area contributed by atoms with Crippen molar-refractivity contribution in [2.75, 3.05) is 52.3 Å². The van der Waals surface area contributed by atoms with E-state index < -0.39 is 17.2 Å². The summed E-state index contributed by atoms with van der Waals surface area (Å²) in [5.74, 6) is -1.66. The van der Waals surface area contributed by atoms with Gasteiger partial charge in [0, 0.05) is 31.9 Å². The van der Waals surface area contributed by atoms with Crippen molar-refractivity contribution < 1.29 is 23.8 Å². The lowest BCUT2D eigenvalue weighted by atomic mass is 10.1. The summed E-state index contributed by atoms with van der Waals surface area (Å²) in [5, 5.41) is 9.47. The minimum absolute atomic E-state index is 0.0259. The maximum atomic E-state index is 15.3. The number of pyridine rings is 1. The van der Waals surface area contributed by atoms with Crippen LogP contribution in [-0.4, -0.2) is 74.1 Å². The van der Waals surface area contributed by atoms with Crippen LogP contribution < -0.4 is 15.1 Å². The summed E-state index contributed by atoms with van der Waals surface area (Å²) < 4.78 is 28.5. The molecule has 0 amide bonds. The van der Waals surface area contributed by atoms with E-state index in [9.17, 15) is 14.7 Å². The van der Waals surface area contributed by atoms with Gasteiger partial charge in [-0.25, -0.2) is 9.18 Å². The molecular formula is C21H26FN3O5. The molecule has 2 aliphatic rings. The number of hydrogen-bond acceptors (Lipinski definition) is 6. The van der Waals surface area contributed by atoms with Crippen molar-refractivity contribution in [3.63, 3.8) is 0 Å². The first kappa shape index (κ1) is 20.6. The molecule has 0 unspecified atom stereocenters. The molecule has 162 valence electrons. The quantitative estimate of drug-likeness (QED) is 0.766. The van der Waals surface area contributed by atoms with Gasteiger partial charge in [0.1, 0.15) is 11.3 Å². The number of carbonyl (C=O) groups is 1. The van der Waals surface area contributed by atoms with Gasteiger partial charge in [-0.3, -0.25) is 4.79 Å². The third kappa shape index (κ3) is 3.63. The number of aromatic nitrogens is 1. The standard InChI is InChI=1S/C21H26FN3O5/c1-23(2)9-13-10-24(6-7-30-13)18-16(22)8-14-17(20(18)29-3)25(12-4-5-12)11-15(19(14)26)21(27)28/h8,11-13H,4-7,9-10H2,1-3H3,(H,27,28)/t13-/m0/s1. The molecule has 30 heavy (non-hydrogen) atoms. The van der Waals surface area contributed by atoms with Gasteiger partial charge < -0.3 is 28.9 Å². The highest BCUT2D eigenvalue weighted by Gasteiger charge is 2.32. The SMILES string of the molecule is COc1c(N2CCO[C@@H](CN(C)C)C2)c(F)cc2c(=O)c(C(=O)O)cn(C3CC3)c12. The van der Waals surface area contributed by atoms with Crippen LogP contribution in [-0.2, 0) is 4.74 Å². The van der Waals surface area contributed by atoms with Crippen LogP contribution in [0.1, 0.15) is 29.2 Å². The lowest BCUT2D eigenvalue weighted by molar-refractivity contribution is 0.0245. The molecule has 1 aromatic heterocycles. The van der Waals surface area contributed by atoms with E-state index in [1.807, 2.05) is 23.9 Å². The Hall–Kier alpha value is -2.65. The molecule has 1 aliphatic heterocycles. The van der Waals surface area contributed by atoms with E-state index >= 15 is 4.39 Å². The number of rotatable bonds is 6. The van der Waals surface area contributed by atoms with Crippen LogP contribution >= 0.6 is 0 Å². The summed E-state index contributed by atoms with van der Waals surface area (Å²) in [4.78, 5) is 28.3. The highest BCUT2D eigenvalue weighted by molar-refractivity contribution is 5.97. The number of aromatic carboxylic acids is 1. The van der Waals surface area contributed by atoms with Crippen molar-refractivity contribution in [1.29, 1.82) is 0 Å². The minimum Gasteiger partial charge on any atom is -0.492 e. The van der Waals surface area contributed by atoms with E-state index in [4.69, 9.17) is 9.47 Å². The number of likely N-dealkylation sites (N-methyl/N-ethyl adjacent to an activating group) is 1. The molecule has 1 saturated heterocycles. The molecule has 4 rings (SSSR count). The van der Waals surface area contributed by atoms with E-state index in [1.54, 1.807) is 4.57 Å². The summed E-state index contributed by atoms with van der Waals surface area (Å²) in [5.41, 5.74) is -0.331. The average molecular weight is 419 g/mol. The number of morpholine rings is 1. The molecule has 1 aliphatic carbocycles. The normalized spacial score (nSPS) is 19.5. The molecule has 0 radical (unpaired) electrons. The fraction of sp³-hybridized carbons (Fsp3) is 0.524. The van der Waals surface area contributed by atoms with Gasteiger partial charge in [-0.1, -0.05) is 0 Å². The second-order valence-electron chi connectivity index (χ2n) is 8.15. The lowest BCUT2D eigenvalue weighted by Gasteiger charge is -2.36. The Kier molecular flexibility index (Phi) is 5.42. The summed E-state index contributed by atoms with van der Waals surface area (Å²) >= 11 is 0. The Morgan fingerprint density at radius 2 is 2.13 bits per heavy atom. The fourth-order valence-corrected chi connectivity index (χ4v) is 4.16. The Bertz CT molecular complexity index is 1050. The number of fused-ring (bicyclic) bond motifs is 1. The number of anilines is 1. The van der Waals surface area contributed by atoms with Crippen LogP contribution in [0.15, 0.2) is 17.1 Å². The molecule has 9 heteroatoms. The minimum atomic E-state index is -1.32. The molecule has 2 fully saturated rings. The van der Waals surface area contributed by atoms with Crippen molar-refractivity contribution in [3.05, 3.63) is 33.9 Å². The van der Waals surface area contributed by atoms with E-state index in [1.165, 1.54) is 13.3 Å². The Morgan fingerprint density at radius 3 is 2.73 bits per heavy atom. The van der Waals surface area contributed by atoms with E-state index in [-0.39, 0.29) is 34.5 Å².